The molecule has 0 fully saturated rings. The molecule has 0 aromatic carbocycles. The summed E-state index contributed by atoms with van der Waals surface area (Å²) in [4.78, 5) is 14.6. The second-order valence-electron chi connectivity index (χ2n) is 3.18. The van der Waals surface area contributed by atoms with Crippen molar-refractivity contribution in [2.75, 3.05) is 20.3 Å². The lowest BCUT2D eigenvalue weighted by molar-refractivity contribution is -0.141. The fourth-order valence-electron chi connectivity index (χ4n) is 1.06. The minimum absolute atomic E-state index is 0.0779. The van der Waals surface area contributed by atoms with Crippen LogP contribution in [-0.2, 0) is 10.9 Å². The van der Waals surface area contributed by atoms with Crippen molar-refractivity contribution in [2.45, 2.75) is 6.18 Å². The van der Waals surface area contributed by atoms with Gasteiger partial charge in [-0.15, -0.1) is 0 Å². The van der Waals surface area contributed by atoms with E-state index >= 15 is 0 Å². The smallest absolute Gasteiger partial charge is 0.383 e. The molecule has 1 heterocycles. The maximum atomic E-state index is 12.2. The van der Waals surface area contributed by atoms with Gasteiger partial charge in [0.25, 0.3) is 5.91 Å². The second kappa shape index (κ2) is 5.62. The average molecular weight is 248 g/mol. The monoisotopic (exact) mass is 248 g/mol. The number of aromatic nitrogens is 1. The lowest BCUT2D eigenvalue weighted by Gasteiger charge is -2.07. The number of pyridine rings is 1. The SMILES string of the molecule is COCCNC(=O)c1ccc(C(F)(F)F)nc1. The van der Waals surface area contributed by atoms with Gasteiger partial charge in [0.2, 0.25) is 0 Å². The van der Waals surface area contributed by atoms with E-state index in [1.807, 2.05) is 0 Å². The first-order valence-electron chi connectivity index (χ1n) is 4.75. The highest BCUT2D eigenvalue weighted by atomic mass is 19.4. The van der Waals surface area contributed by atoms with E-state index in [9.17, 15) is 18.0 Å². The fraction of sp³-hybridized carbons (Fsp3) is 0.400. The van der Waals surface area contributed by atoms with E-state index in [1.165, 1.54) is 7.11 Å². The van der Waals surface area contributed by atoms with Gasteiger partial charge in [-0.2, -0.15) is 13.2 Å². The van der Waals surface area contributed by atoms with E-state index in [2.05, 4.69) is 10.3 Å². The lowest BCUT2D eigenvalue weighted by Crippen LogP contribution is -2.27. The van der Waals surface area contributed by atoms with Gasteiger partial charge in [0.15, 0.2) is 0 Å². The molecule has 0 unspecified atom stereocenters. The van der Waals surface area contributed by atoms with Gasteiger partial charge in [0.05, 0.1) is 12.2 Å². The van der Waals surface area contributed by atoms with Crippen LogP contribution in [0.15, 0.2) is 18.3 Å². The van der Waals surface area contributed by atoms with Gasteiger partial charge >= 0.3 is 6.18 Å². The number of alkyl halides is 3. The zero-order valence-electron chi connectivity index (χ0n) is 9.04. The average Bonchev–Trinajstić information content (AvgIpc) is 2.28. The second-order valence-corrected chi connectivity index (χ2v) is 3.18. The summed E-state index contributed by atoms with van der Waals surface area (Å²) in [5.74, 6) is -0.483. The third-order valence-electron chi connectivity index (χ3n) is 1.91. The highest BCUT2D eigenvalue weighted by Gasteiger charge is 2.32. The molecule has 94 valence electrons. The van der Waals surface area contributed by atoms with Crippen LogP contribution in [0.2, 0.25) is 0 Å². The molecule has 4 nitrogen and oxygen atoms in total. The molecule has 0 bridgehead atoms. The van der Waals surface area contributed by atoms with Gasteiger partial charge in [-0.1, -0.05) is 0 Å². The zero-order chi connectivity index (χ0) is 12.9. The Morgan fingerprint density at radius 2 is 2.18 bits per heavy atom. The molecular weight excluding hydrogens is 237 g/mol. The van der Waals surface area contributed by atoms with E-state index in [0.29, 0.717) is 6.61 Å². The number of hydrogen-bond acceptors (Lipinski definition) is 3. The van der Waals surface area contributed by atoms with Crippen LogP contribution >= 0.6 is 0 Å². The lowest BCUT2D eigenvalue weighted by atomic mass is 10.2. The Morgan fingerprint density at radius 1 is 1.47 bits per heavy atom. The summed E-state index contributed by atoms with van der Waals surface area (Å²) in [6, 6.07) is 1.85. The number of carbonyl (C=O) groups excluding carboxylic acids is 1. The molecule has 0 aliphatic carbocycles. The fourth-order valence-corrected chi connectivity index (χ4v) is 1.06. The van der Waals surface area contributed by atoms with Gasteiger partial charge < -0.3 is 10.1 Å². The Balaban J connectivity index is 2.64. The van der Waals surface area contributed by atoms with Crippen LogP contribution in [-0.4, -0.2) is 31.2 Å². The number of ether oxygens (including phenoxy) is 1. The van der Waals surface area contributed by atoms with Crippen molar-refractivity contribution < 1.29 is 22.7 Å². The van der Waals surface area contributed by atoms with Crippen molar-refractivity contribution >= 4 is 5.91 Å². The third-order valence-corrected chi connectivity index (χ3v) is 1.91. The molecule has 0 saturated heterocycles. The molecule has 1 aromatic heterocycles. The molecule has 0 aliphatic heterocycles. The normalized spacial score (nSPS) is 11.3. The quantitative estimate of drug-likeness (QED) is 0.821. The molecule has 0 radical (unpaired) electrons. The first kappa shape index (κ1) is 13.4. The van der Waals surface area contributed by atoms with Crippen molar-refractivity contribution in [1.29, 1.82) is 0 Å². The van der Waals surface area contributed by atoms with Crippen molar-refractivity contribution in [2.24, 2.45) is 0 Å². The predicted molar refractivity (Wildman–Crippen MR) is 53.4 cm³/mol. The van der Waals surface area contributed by atoms with Crippen molar-refractivity contribution in [1.82, 2.24) is 10.3 Å². The van der Waals surface area contributed by atoms with Gasteiger partial charge in [-0.05, 0) is 12.1 Å². The van der Waals surface area contributed by atoms with E-state index in [-0.39, 0.29) is 12.1 Å². The maximum absolute atomic E-state index is 12.2. The number of halogens is 3. The topological polar surface area (TPSA) is 51.2 Å². The van der Waals surface area contributed by atoms with Crippen molar-refractivity contribution in [3.8, 4) is 0 Å². The summed E-state index contributed by atoms with van der Waals surface area (Å²) in [6.07, 6.45) is -3.60. The van der Waals surface area contributed by atoms with Crippen LogP contribution in [0.25, 0.3) is 0 Å². The molecular formula is C10H11F3N2O2. The molecule has 0 aliphatic rings. The molecule has 0 atom stereocenters. The highest BCUT2D eigenvalue weighted by molar-refractivity contribution is 5.93. The Bertz CT molecular complexity index is 376. The van der Waals surface area contributed by atoms with E-state index in [0.717, 1.165) is 18.3 Å². The van der Waals surface area contributed by atoms with Crippen LogP contribution in [0, 0.1) is 0 Å². The number of amides is 1. The van der Waals surface area contributed by atoms with Crippen molar-refractivity contribution in [3.05, 3.63) is 29.6 Å². The predicted octanol–water partition coefficient (Wildman–Crippen LogP) is 1.48. The molecule has 1 aromatic rings. The minimum Gasteiger partial charge on any atom is -0.383 e. The number of hydrogen-bond donors (Lipinski definition) is 1. The molecule has 1 amide bonds. The van der Waals surface area contributed by atoms with Gasteiger partial charge in [0, 0.05) is 19.9 Å². The van der Waals surface area contributed by atoms with Crippen LogP contribution < -0.4 is 5.32 Å². The summed E-state index contributed by atoms with van der Waals surface area (Å²) in [5.41, 5.74) is -0.944. The molecule has 7 heteroatoms. The molecule has 1 N–H and O–H groups in total. The summed E-state index contributed by atoms with van der Waals surface area (Å²) in [6.45, 7) is 0.621. The Morgan fingerprint density at radius 3 is 2.65 bits per heavy atom. The Hall–Kier alpha value is -1.63. The molecule has 17 heavy (non-hydrogen) atoms. The first-order chi connectivity index (χ1) is 7.95. The van der Waals surface area contributed by atoms with Crippen molar-refractivity contribution in [3.63, 3.8) is 0 Å². The summed E-state index contributed by atoms with van der Waals surface area (Å²) in [5, 5.41) is 2.47. The third kappa shape index (κ3) is 4.03. The standard InChI is InChI=1S/C10H11F3N2O2/c1-17-5-4-14-9(16)7-2-3-8(15-6-7)10(11,12)13/h2-3,6H,4-5H2,1H3,(H,14,16). The van der Waals surface area contributed by atoms with E-state index in [4.69, 9.17) is 4.74 Å². The first-order valence-corrected chi connectivity index (χ1v) is 4.75. The Kier molecular flexibility index (Phi) is 4.45. The van der Waals surface area contributed by atoms with E-state index in [1.54, 1.807) is 0 Å². The molecule has 1 rings (SSSR count). The molecule has 0 saturated carbocycles. The number of methoxy groups -OCH3 is 1. The van der Waals surface area contributed by atoms with Gasteiger partial charge in [-0.25, -0.2) is 0 Å². The highest BCUT2D eigenvalue weighted by Crippen LogP contribution is 2.27. The number of rotatable bonds is 4. The number of carbonyl (C=O) groups is 1. The number of nitrogens with zero attached hydrogens (tertiary/aromatic N) is 1. The zero-order valence-corrected chi connectivity index (χ0v) is 9.04. The van der Waals surface area contributed by atoms with Crippen LogP contribution in [0.5, 0.6) is 0 Å². The molecule has 0 spiro atoms. The van der Waals surface area contributed by atoms with Crippen LogP contribution in [0.4, 0.5) is 13.2 Å². The minimum atomic E-state index is -4.49. The Labute approximate surface area is 95.8 Å². The summed E-state index contributed by atoms with van der Waals surface area (Å²) >= 11 is 0. The van der Waals surface area contributed by atoms with Gasteiger partial charge in [0.1, 0.15) is 5.69 Å². The summed E-state index contributed by atoms with van der Waals surface area (Å²) < 4.78 is 41.3. The van der Waals surface area contributed by atoms with Gasteiger partial charge in [-0.3, -0.25) is 9.78 Å². The largest absolute Gasteiger partial charge is 0.433 e. The van der Waals surface area contributed by atoms with Crippen LogP contribution in [0.1, 0.15) is 16.1 Å². The van der Waals surface area contributed by atoms with Crippen LogP contribution in [0.3, 0.4) is 0 Å². The number of nitrogens with one attached hydrogen (secondary N) is 1. The maximum Gasteiger partial charge on any atom is 0.433 e. The van der Waals surface area contributed by atoms with E-state index < -0.39 is 17.8 Å². The summed E-state index contributed by atoms with van der Waals surface area (Å²) in [7, 11) is 1.48.